The van der Waals surface area contributed by atoms with Gasteiger partial charge in [-0.1, -0.05) is 26.8 Å². The van der Waals surface area contributed by atoms with E-state index in [1.165, 1.54) is 20.8 Å². The van der Waals surface area contributed by atoms with Gasteiger partial charge in [0, 0.05) is 38.9 Å². The van der Waals surface area contributed by atoms with Crippen LogP contribution in [0.25, 0.3) is 0 Å². The third-order valence-electron chi connectivity index (χ3n) is 4.52. The van der Waals surface area contributed by atoms with Crippen molar-refractivity contribution < 1.29 is 30.1 Å². The Hall–Kier alpha value is -1.51. The standard InChI is InChI=1S/C22H33NO2/c1-7-8-19(24)23-15(5)13(3)18-10-9-17-11-12(2)22-20(21(17)18)14(4)16(6)25-22/h11,13-16,18H,7-10H2,1-6H3,(H,23,24)/t13?,14?,15?,16?,18-/m0/s1/i7D2,8D2,9D2,10D2,11D,13D,14D,15D,16D,18D/hD. The Balaban J connectivity index is 2.47. The molecule has 0 saturated heterocycles. The zero-order valence-electron chi connectivity index (χ0n) is 30.3. The molecule has 1 aliphatic carbocycles. The predicted octanol–water partition coefficient (Wildman–Crippen LogP) is 4.85. The number of benzene rings is 1. The second-order valence-electron chi connectivity index (χ2n) is 6.11. The van der Waals surface area contributed by atoms with Gasteiger partial charge in [0.25, 0.3) is 0 Å². The van der Waals surface area contributed by atoms with E-state index in [-0.39, 0.29) is 22.2 Å². The van der Waals surface area contributed by atoms with Gasteiger partial charge in [-0.15, -0.1) is 0 Å². The quantitative estimate of drug-likeness (QED) is 0.817. The fourth-order valence-corrected chi connectivity index (χ4v) is 2.99. The second-order valence-corrected chi connectivity index (χ2v) is 6.11. The molecule has 3 rings (SSSR count). The normalized spacial score (nSPS) is 51.8. The van der Waals surface area contributed by atoms with Crippen LogP contribution < -0.4 is 10.0 Å². The highest BCUT2D eigenvalue weighted by Gasteiger charge is 2.39. The highest BCUT2D eigenvalue weighted by molar-refractivity contribution is 5.76. The Bertz CT molecular complexity index is 1280. The van der Waals surface area contributed by atoms with Crippen LogP contribution in [0.1, 0.15) is 107 Å². The SMILES string of the molecule is [2H]c1c(C)c2c(c3c1C([2H])([2H])C([2H])([2H])[C@@]3([2H])C([2H])(C)C([2H])(C)N([2H])C(=O)C([2H])([2H])C([2H])([2H])C)C([2H])(C)C([2H])(C)O2. The van der Waals surface area contributed by atoms with Crippen molar-refractivity contribution in [2.24, 2.45) is 5.89 Å². The van der Waals surface area contributed by atoms with E-state index in [4.69, 9.17) is 22.6 Å². The maximum Gasteiger partial charge on any atom is 0.220 e. The molecule has 0 spiro atoms. The van der Waals surface area contributed by atoms with E-state index in [9.17, 15) is 7.54 Å². The summed E-state index contributed by atoms with van der Waals surface area (Å²) in [5.41, 5.74) is -1.71. The van der Waals surface area contributed by atoms with Gasteiger partial charge >= 0.3 is 0 Å². The lowest BCUT2D eigenvalue weighted by Gasteiger charge is -2.29. The highest BCUT2D eigenvalue weighted by atomic mass is 16.5. The van der Waals surface area contributed by atoms with Gasteiger partial charge in [0.15, 0.2) is 1.41 Å². The van der Waals surface area contributed by atoms with Crippen LogP contribution in [-0.2, 0) is 11.2 Å². The average molecular weight is 359 g/mol. The first-order chi connectivity index (χ1) is 17.3. The van der Waals surface area contributed by atoms with Crippen molar-refractivity contribution in [3.8, 4) is 5.75 Å². The molecular weight excluding hydrogens is 310 g/mol. The monoisotopic (exact) mass is 358 g/mol. The summed E-state index contributed by atoms with van der Waals surface area (Å²) in [6.45, 7) is 6.09. The maximum absolute atomic E-state index is 13.0. The zero-order valence-corrected chi connectivity index (χ0v) is 15.3. The maximum atomic E-state index is 13.0. The summed E-state index contributed by atoms with van der Waals surface area (Å²) in [4.78, 5) is 13.0. The molecule has 0 saturated carbocycles. The first-order valence-electron chi connectivity index (χ1n) is 15.5. The summed E-state index contributed by atoms with van der Waals surface area (Å²) in [5.74, 6) is -10.5. The average Bonchev–Trinajstić information content (AvgIpc) is 3.03. The molecular formula is C22H33NO2. The van der Waals surface area contributed by atoms with Gasteiger partial charge in [-0.05, 0) is 68.4 Å². The lowest BCUT2D eigenvalue weighted by atomic mass is 9.79. The number of hydrogen-bond donors (Lipinski definition) is 1. The van der Waals surface area contributed by atoms with Crippen LogP contribution in [0.2, 0.25) is 1.41 Å². The van der Waals surface area contributed by atoms with Gasteiger partial charge in [-0.2, -0.15) is 0 Å². The van der Waals surface area contributed by atoms with Crippen LogP contribution in [-0.4, -0.2) is 18.0 Å². The Morgan fingerprint density at radius 3 is 3.00 bits per heavy atom. The summed E-state index contributed by atoms with van der Waals surface area (Å²) in [5, 5.41) is -0.345. The van der Waals surface area contributed by atoms with Crippen molar-refractivity contribution >= 4 is 5.91 Å². The van der Waals surface area contributed by atoms with E-state index in [0.29, 0.717) is 0 Å². The molecule has 1 N–H and O–H groups in total. The van der Waals surface area contributed by atoms with Crippen molar-refractivity contribution in [2.45, 2.75) is 90.9 Å². The van der Waals surface area contributed by atoms with E-state index in [1.807, 2.05) is 0 Å². The van der Waals surface area contributed by atoms with Gasteiger partial charge in [-0.3, -0.25) is 4.79 Å². The van der Waals surface area contributed by atoms with Crippen molar-refractivity contribution in [3.63, 3.8) is 0 Å². The number of amides is 1. The van der Waals surface area contributed by atoms with Gasteiger partial charge in [0.2, 0.25) is 5.91 Å². The van der Waals surface area contributed by atoms with Crippen LogP contribution in [0.15, 0.2) is 6.04 Å². The number of carbonyl (C=O) groups excluding carboxylic acids is 1. The summed E-state index contributed by atoms with van der Waals surface area (Å²) < 4.78 is 134. The molecule has 0 fully saturated rings. The second kappa shape index (κ2) is 7.01. The molecule has 25 heavy (non-hydrogen) atoms. The van der Waals surface area contributed by atoms with Crippen molar-refractivity contribution in [1.82, 2.24) is 5.31 Å². The molecule has 3 nitrogen and oxygen atoms in total. The molecule has 0 bridgehead atoms. The van der Waals surface area contributed by atoms with Crippen molar-refractivity contribution in [2.75, 3.05) is 0 Å². The highest BCUT2D eigenvalue weighted by Crippen LogP contribution is 2.51. The summed E-state index contributed by atoms with van der Waals surface area (Å²) >= 11 is 0. The number of rotatable bonds is 5. The molecule has 1 aliphatic heterocycles. The van der Waals surface area contributed by atoms with E-state index >= 15 is 0 Å². The smallest absolute Gasteiger partial charge is 0.220 e. The molecule has 5 atom stereocenters. The number of fused-ring (bicyclic) bond motifs is 3. The Labute approximate surface area is 173 Å². The van der Waals surface area contributed by atoms with Crippen molar-refractivity contribution in [1.29, 1.82) is 0 Å². The van der Waals surface area contributed by atoms with E-state index in [2.05, 4.69) is 0 Å². The molecule has 0 radical (unpaired) electrons. The van der Waals surface area contributed by atoms with Gasteiger partial charge < -0.3 is 10.0 Å². The van der Waals surface area contributed by atoms with Crippen LogP contribution in [0.3, 0.4) is 0 Å². The zero-order chi connectivity index (χ0) is 31.8. The molecule has 138 valence electrons. The molecule has 0 aromatic heterocycles. The fraction of sp³-hybridized carbons (Fsp3) is 0.682. The molecule has 1 aromatic rings. The third-order valence-corrected chi connectivity index (χ3v) is 4.52. The molecule has 3 heteroatoms. The van der Waals surface area contributed by atoms with Crippen LogP contribution >= 0.6 is 0 Å². The molecule has 1 amide bonds. The third kappa shape index (κ3) is 3.18. The van der Waals surface area contributed by atoms with Gasteiger partial charge in [0.1, 0.15) is 11.8 Å². The number of nitrogens with one attached hydrogen (secondary N) is 1. The van der Waals surface area contributed by atoms with E-state index in [1.54, 1.807) is 0 Å². The summed E-state index contributed by atoms with van der Waals surface area (Å²) in [6.07, 6.45) is -14.9. The van der Waals surface area contributed by atoms with Gasteiger partial charge in [0.05, 0.1) is 4.11 Å². The molecule has 1 aromatic carbocycles. The molecule has 1 heterocycles. The molecule has 4 unspecified atom stereocenters. The Morgan fingerprint density at radius 1 is 1.60 bits per heavy atom. The van der Waals surface area contributed by atoms with Gasteiger partial charge in [-0.25, -0.2) is 0 Å². The largest absolute Gasteiger partial charge is 0.490 e. The minimum absolute atomic E-state index is 0.0249. The summed E-state index contributed by atoms with van der Waals surface area (Å²) in [7, 11) is 0. The first kappa shape index (κ1) is 7.25. The number of carbonyl (C=O) groups is 1. The van der Waals surface area contributed by atoms with Crippen LogP contribution in [0.4, 0.5) is 0 Å². The van der Waals surface area contributed by atoms with Crippen molar-refractivity contribution in [3.05, 3.63) is 28.3 Å². The van der Waals surface area contributed by atoms with Crippen LogP contribution in [0.5, 0.6) is 5.75 Å². The topological polar surface area (TPSA) is 38.3 Å². The minimum atomic E-state index is -3.45. The Kier molecular flexibility index (Phi) is 2.03. The first-order valence-corrected chi connectivity index (χ1v) is 8.06. The summed E-state index contributed by atoms with van der Waals surface area (Å²) in [6, 6.07) is -3.64. The number of ether oxygens (including phenoxy) is 1. The Morgan fingerprint density at radius 2 is 2.32 bits per heavy atom. The fourth-order valence-electron chi connectivity index (χ4n) is 2.99. The predicted molar refractivity (Wildman–Crippen MR) is 102 cm³/mol. The van der Waals surface area contributed by atoms with E-state index in [0.717, 1.165) is 20.8 Å². The minimum Gasteiger partial charge on any atom is -0.490 e. The van der Waals surface area contributed by atoms with Crippen LogP contribution in [0, 0.1) is 12.8 Å². The van der Waals surface area contributed by atoms with E-state index < -0.39 is 78.3 Å². The lowest BCUT2D eigenvalue weighted by molar-refractivity contribution is -0.122. The molecule has 2 aliphatic rings. The number of hydrogen-bond acceptors (Lipinski definition) is 2. The lowest BCUT2D eigenvalue weighted by Crippen LogP contribution is -2.39.